The van der Waals surface area contributed by atoms with E-state index in [2.05, 4.69) is 11.2 Å². The van der Waals surface area contributed by atoms with Crippen molar-refractivity contribution in [2.24, 2.45) is 5.73 Å². The first kappa shape index (κ1) is 38.2. The highest BCUT2D eigenvalue weighted by atomic mass is 19.2. The van der Waals surface area contributed by atoms with Crippen LogP contribution in [0.3, 0.4) is 0 Å². The predicted molar refractivity (Wildman–Crippen MR) is 181 cm³/mol. The number of nitrogens with two attached hydrogens (primary N) is 1. The molecule has 0 bridgehead atoms. The molecule has 2 aliphatic carbocycles. The lowest BCUT2D eigenvalue weighted by atomic mass is 9.99. The molecule has 3 aliphatic rings. The third-order valence-electron chi connectivity index (χ3n) is 9.52. The second kappa shape index (κ2) is 13.7. The van der Waals surface area contributed by atoms with Gasteiger partial charge in [0.25, 0.3) is 0 Å². The maximum Gasteiger partial charge on any atom is 0.798 e. The van der Waals surface area contributed by atoms with E-state index in [1.165, 1.54) is 11.7 Å². The highest BCUT2D eigenvalue weighted by Crippen LogP contribution is 2.47. The average Bonchev–Trinajstić information content (AvgIpc) is 3.99. The summed E-state index contributed by atoms with van der Waals surface area (Å²) in [5.74, 6) is -7.32. The molecule has 4 aromatic rings. The number of benzene rings is 2. The molecule has 0 amide bonds. The van der Waals surface area contributed by atoms with Crippen LogP contribution in [0, 0.1) is 17.5 Å². The Morgan fingerprint density at radius 2 is 1.39 bits per heavy atom. The number of anilines is 1. The lowest BCUT2D eigenvalue weighted by molar-refractivity contribution is 0.0682. The number of fused-ring (bicyclic) bond motifs is 2. The van der Waals surface area contributed by atoms with E-state index >= 15 is 4.39 Å². The number of aromatic nitrogens is 2. The van der Waals surface area contributed by atoms with Gasteiger partial charge in [-0.2, -0.15) is 4.39 Å². The van der Waals surface area contributed by atoms with Crippen LogP contribution in [0.15, 0.2) is 46.3 Å². The number of hydrogen-bond acceptors (Lipinski definition) is 9. The van der Waals surface area contributed by atoms with E-state index in [9.17, 15) is 50.5 Å². The fourth-order valence-electron chi connectivity index (χ4n) is 6.53. The molecule has 3 heterocycles. The Labute approximate surface area is 300 Å². The molecule has 12 nitrogen and oxygen atoms in total. The molecule has 2 aromatic heterocycles. The first-order valence-electron chi connectivity index (χ1n) is 16.1. The van der Waals surface area contributed by atoms with E-state index in [0.717, 1.165) is 30.1 Å². The smallest absolute Gasteiger partial charge is 0.492 e. The molecule has 7 rings (SSSR count). The lowest BCUT2D eigenvalue weighted by Crippen LogP contribution is -2.40. The van der Waals surface area contributed by atoms with Crippen LogP contribution in [0.2, 0.25) is 0 Å². The number of carbonyl (C=O) groups excluding carboxylic acids is 1. The van der Waals surface area contributed by atoms with Crippen molar-refractivity contribution in [3.63, 3.8) is 0 Å². The van der Waals surface area contributed by atoms with Gasteiger partial charge in [-0.15, -0.1) is 0 Å². The zero-order valence-electron chi connectivity index (χ0n) is 28.6. The number of halogens is 7. The third kappa shape index (κ3) is 6.51. The Hall–Kier alpha value is -5.53. The largest absolute Gasteiger partial charge is 0.798 e. The maximum absolute atomic E-state index is 15.2. The Bertz CT molecular complexity index is 2390. The Balaban J connectivity index is 0.000000186. The van der Waals surface area contributed by atoms with E-state index in [1.54, 1.807) is 11.8 Å². The normalized spacial score (nSPS) is 22.9. The number of hydrogen-bond donors (Lipinski definition) is 2. The number of pyridine rings is 2. The van der Waals surface area contributed by atoms with Crippen molar-refractivity contribution in [1.29, 1.82) is 0 Å². The summed E-state index contributed by atoms with van der Waals surface area (Å²) in [6.45, 7) is 6.29. The molecule has 3 fully saturated rings. The molecule has 1 aliphatic heterocycles. The first-order valence-corrected chi connectivity index (χ1v) is 16.1. The zero-order chi connectivity index (χ0) is 39.7. The van der Waals surface area contributed by atoms with E-state index in [0.29, 0.717) is 18.2 Å². The highest BCUT2D eigenvalue weighted by molar-refractivity contribution is 6.38. The van der Waals surface area contributed by atoms with Crippen LogP contribution in [0.5, 0.6) is 11.5 Å². The summed E-state index contributed by atoms with van der Waals surface area (Å²) in [6.07, 6.45) is -0.476. The van der Waals surface area contributed by atoms with Gasteiger partial charge in [0, 0.05) is 38.3 Å². The van der Waals surface area contributed by atoms with Gasteiger partial charge in [-0.1, -0.05) is 6.58 Å². The summed E-state index contributed by atoms with van der Waals surface area (Å²) in [6, 6.07) is -0.0271. The second-order valence-electron chi connectivity index (χ2n) is 13.3. The number of carboxylic acid groups (broad SMARTS) is 1. The molecule has 5 atom stereocenters. The average molecular weight is 766 g/mol. The number of aromatic carboxylic acids is 1. The molecule has 20 heteroatoms. The SMILES string of the molecule is C=C1CN(c2c(F)cc3c(=O)c(C(=O)O)cn([C@@H]4C[C@@H]4F)c3c2OC)C[C@@]1(C)N.COc1c(F)c(F)cc2c(=O)c(C(=O)OB(F)F)cn([C@@H]3C[C@@H]3F)c12. The van der Waals surface area contributed by atoms with E-state index in [-0.39, 0.29) is 47.2 Å². The van der Waals surface area contributed by atoms with Gasteiger partial charge in [0.1, 0.15) is 29.2 Å². The molecular weight excluding hydrogens is 736 g/mol. The number of carboxylic acids is 1. The van der Waals surface area contributed by atoms with Gasteiger partial charge in [-0.05, 0) is 24.6 Å². The van der Waals surface area contributed by atoms with Gasteiger partial charge in [-0.3, -0.25) is 9.59 Å². The van der Waals surface area contributed by atoms with Crippen LogP contribution >= 0.6 is 0 Å². The first-order chi connectivity index (χ1) is 25.3. The van der Waals surface area contributed by atoms with Gasteiger partial charge in [-0.25, -0.2) is 35.8 Å². The Morgan fingerprint density at radius 1 is 0.907 bits per heavy atom. The fourth-order valence-corrected chi connectivity index (χ4v) is 6.53. The third-order valence-corrected chi connectivity index (χ3v) is 9.52. The molecule has 2 saturated carbocycles. The van der Waals surface area contributed by atoms with Crippen molar-refractivity contribution >= 4 is 46.9 Å². The highest BCUT2D eigenvalue weighted by Gasteiger charge is 2.43. The molecule has 0 unspecified atom stereocenters. The molecule has 286 valence electrons. The predicted octanol–water partition coefficient (Wildman–Crippen LogP) is 4.88. The van der Waals surface area contributed by atoms with Gasteiger partial charge in [0.2, 0.25) is 16.7 Å². The fraction of sp³-hybridized carbons (Fsp3) is 0.353. The Kier molecular flexibility index (Phi) is 9.70. The molecule has 0 spiro atoms. The number of carbonyl (C=O) groups is 2. The second-order valence-corrected chi connectivity index (χ2v) is 13.3. The number of methoxy groups -OCH3 is 2. The number of ether oxygens (including phenoxy) is 2. The van der Waals surface area contributed by atoms with Crippen molar-refractivity contribution in [2.75, 3.05) is 32.2 Å². The van der Waals surface area contributed by atoms with Gasteiger partial charge in [0.15, 0.2) is 23.1 Å². The van der Waals surface area contributed by atoms with Crippen LogP contribution in [0.25, 0.3) is 21.8 Å². The zero-order valence-corrected chi connectivity index (χ0v) is 28.6. The van der Waals surface area contributed by atoms with E-state index in [4.69, 9.17) is 15.2 Å². The van der Waals surface area contributed by atoms with Crippen LogP contribution < -0.4 is 31.0 Å². The van der Waals surface area contributed by atoms with Crippen molar-refractivity contribution < 1.29 is 59.4 Å². The number of nitrogens with zero attached hydrogens (tertiary/aromatic N) is 3. The monoisotopic (exact) mass is 766 g/mol. The molecule has 2 aromatic carbocycles. The van der Waals surface area contributed by atoms with Crippen molar-refractivity contribution in [1.82, 2.24) is 9.13 Å². The van der Waals surface area contributed by atoms with Gasteiger partial charge in [0.05, 0.1) is 53.6 Å². The molecule has 3 N–H and O–H groups in total. The molecule has 0 radical (unpaired) electrons. The number of rotatable bonds is 8. The quantitative estimate of drug-likeness (QED) is 0.144. The lowest BCUT2D eigenvalue weighted by Gasteiger charge is -2.25. The van der Waals surface area contributed by atoms with Crippen LogP contribution in [-0.4, -0.2) is 78.8 Å². The van der Waals surface area contributed by atoms with Crippen molar-refractivity contribution in [3.05, 3.63) is 85.7 Å². The summed E-state index contributed by atoms with van der Waals surface area (Å²) in [7, 11) is -1.14. The van der Waals surface area contributed by atoms with Gasteiger partial charge < -0.3 is 39.0 Å². The minimum Gasteiger partial charge on any atom is -0.492 e. The van der Waals surface area contributed by atoms with Crippen molar-refractivity contribution in [2.45, 2.75) is 49.7 Å². The minimum absolute atomic E-state index is 0.0105. The molecular formula is C34H30BF7N4O8. The van der Waals surface area contributed by atoms with Crippen LogP contribution in [-0.2, 0) is 4.65 Å². The molecule has 1 saturated heterocycles. The van der Waals surface area contributed by atoms with E-state index < -0.39 is 99.9 Å². The summed E-state index contributed by atoms with van der Waals surface area (Å²) < 4.78 is 111. The van der Waals surface area contributed by atoms with Gasteiger partial charge >= 0.3 is 19.4 Å². The standard InChI is InChI=1S/C20H21F2N3O4.C14H9BF5NO4/c1-9-6-24(8-20(9,2)23)16-13(22)4-10-15(18(16)29-3)25(14-5-12(14)21)7-11(17(10)26)19(27)28;1-24-13-10(18)8(17)2-5-11(13)21(9-3-7(9)16)4-6(12(5)22)14(23)25-15(19)20/h4,7,12,14H,1,5-6,8,23H2,2-3H3,(H,27,28);2,4,7,9H,3H2,1H3/t12-,14+,20+;7-,9+/m00/s1. The summed E-state index contributed by atoms with van der Waals surface area (Å²) in [4.78, 5) is 49.9. The summed E-state index contributed by atoms with van der Waals surface area (Å²) in [5, 5.41) is 8.68. The maximum atomic E-state index is 15.2. The van der Waals surface area contributed by atoms with E-state index in [1.807, 2.05) is 0 Å². The minimum atomic E-state index is -3.48. The molecule has 54 heavy (non-hydrogen) atoms. The topological polar surface area (TPSA) is 155 Å². The van der Waals surface area contributed by atoms with Crippen molar-refractivity contribution in [3.8, 4) is 11.5 Å². The van der Waals surface area contributed by atoms with Crippen LogP contribution in [0.1, 0.15) is 52.6 Å². The summed E-state index contributed by atoms with van der Waals surface area (Å²) in [5.41, 5.74) is 2.76. The summed E-state index contributed by atoms with van der Waals surface area (Å²) >= 11 is 0. The Morgan fingerprint density at radius 3 is 1.83 bits per heavy atom. The van der Waals surface area contributed by atoms with Crippen LogP contribution in [0.4, 0.5) is 36.3 Å². The number of alkyl halides is 2.